The molecule has 0 spiro atoms. The first-order chi connectivity index (χ1) is 13.1. The first-order valence-electron chi connectivity index (χ1n) is 8.06. The molecule has 3 aromatic rings. The maximum Gasteiger partial charge on any atom is 0.344 e. The van der Waals surface area contributed by atoms with Crippen molar-refractivity contribution in [2.75, 3.05) is 12.0 Å². The van der Waals surface area contributed by atoms with E-state index >= 15 is 0 Å². The number of hydrogen-bond donors (Lipinski definition) is 0. The Hall–Kier alpha value is -3.26. The van der Waals surface area contributed by atoms with Crippen molar-refractivity contribution in [1.29, 1.82) is 0 Å². The van der Waals surface area contributed by atoms with E-state index in [2.05, 4.69) is 9.97 Å². The summed E-state index contributed by atoms with van der Waals surface area (Å²) in [4.78, 5) is 34.2. The molecule has 0 saturated carbocycles. The van der Waals surface area contributed by atoms with Gasteiger partial charge in [0.15, 0.2) is 5.13 Å². The average molecular weight is 383 g/mol. The Bertz CT molecular complexity index is 943. The van der Waals surface area contributed by atoms with Gasteiger partial charge in [-0.1, -0.05) is 18.2 Å². The molecule has 0 fully saturated rings. The summed E-state index contributed by atoms with van der Waals surface area (Å²) in [7, 11) is 1.44. The van der Waals surface area contributed by atoms with E-state index in [1.807, 2.05) is 30.3 Å². The second-order valence-corrected chi connectivity index (χ2v) is 6.28. The minimum absolute atomic E-state index is 0.0199. The van der Waals surface area contributed by atoms with Crippen molar-refractivity contribution < 1.29 is 19.1 Å². The third-order valence-electron chi connectivity index (χ3n) is 3.60. The summed E-state index contributed by atoms with van der Waals surface area (Å²) in [6.45, 7) is 1.46. The van der Waals surface area contributed by atoms with E-state index < -0.39 is 5.97 Å². The van der Waals surface area contributed by atoms with Crippen LogP contribution in [0.3, 0.4) is 0 Å². The van der Waals surface area contributed by atoms with Crippen LogP contribution in [0.15, 0.2) is 54.0 Å². The van der Waals surface area contributed by atoms with Crippen LogP contribution in [0.5, 0.6) is 5.88 Å². The number of esters is 1. The molecular formula is C19H17N3O4S. The fourth-order valence-electron chi connectivity index (χ4n) is 2.40. The number of aromatic nitrogens is 2. The van der Waals surface area contributed by atoms with E-state index in [0.717, 1.165) is 5.69 Å². The van der Waals surface area contributed by atoms with Gasteiger partial charge in [-0.3, -0.25) is 9.69 Å². The van der Waals surface area contributed by atoms with E-state index in [-0.39, 0.29) is 24.0 Å². The van der Waals surface area contributed by atoms with Crippen LogP contribution in [0.1, 0.15) is 23.0 Å². The number of carbonyl (C=O) groups is 2. The Morgan fingerprint density at radius 1 is 1.15 bits per heavy atom. The Balaban J connectivity index is 1.72. The van der Waals surface area contributed by atoms with Crippen molar-refractivity contribution >= 4 is 34.0 Å². The van der Waals surface area contributed by atoms with Crippen molar-refractivity contribution in [3.63, 3.8) is 0 Å². The van der Waals surface area contributed by atoms with E-state index in [1.54, 1.807) is 17.5 Å². The van der Waals surface area contributed by atoms with Gasteiger partial charge in [-0.15, -0.1) is 11.3 Å². The van der Waals surface area contributed by atoms with Crippen molar-refractivity contribution in [1.82, 2.24) is 9.97 Å². The molecular weight excluding hydrogens is 366 g/mol. The molecule has 0 aliphatic heterocycles. The number of para-hydroxylation sites is 1. The smallest absolute Gasteiger partial charge is 0.344 e. The summed E-state index contributed by atoms with van der Waals surface area (Å²) >= 11 is 1.30. The second-order valence-electron chi connectivity index (χ2n) is 5.45. The molecule has 2 aromatic heterocycles. The van der Waals surface area contributed by atoms with Crippen LogP contribution in [0, 0.1) is 0 Å². The number of amides is 1. The van der Waals surface area contributed by atoms with E-state index in [9.17, 15) is 9.59 Å². The topological polar surface area (TPSA) is 81.6 Å². The molecule has 0 saturated heterocycles. The number of hydrogen-bond acceptors (Lipinski definition) is 7. The number of benzene rings is 1. The van der Waals surface area contributed by atoms with Gasteiger partial charge in [-0.05, 0) is 24.3 Å². The molecule has 7 nitrogen and oxygen atoms in total. The number of ether oxygens (including phenoxy) is 2. The predicted octanol–water partition coefficient (Wildman–Crippen LogP) is 3.59. The fourth-order valence-corrected chi connectivity index (χ4v) is 3.27. The number of rotatable bonds is 6. The number of nitrogens with zero attached hydrogens (tertiary/aromatic N) is 3. The Morgan fingerprint density at radius 2 is 1.93 bits per heavy atom. The highest BCUT2D eigenvalue weighted by Crippen LogP contribution is 2.29. The standard InChI is InChI=1S/C19H17N3O4S/c1-13(23)22(15-7-4-3-5-8-15)19-21-14(12-27-19)11-26-18(24)16-9-6-10-20-17(16)25-2/h3-10,12H,11H2,1-2H3. The molecule has 0 aliphatic rings. The van der Waals surface area contributed by atoms with Crippen LogP contribution in [-0.2, 0) is 16.1 Å². The quantitative estimate of drug-likeness (QED) is 0.605. The maximum absolute atomic E-state index is 12.2. The summed E-state index contributed by atoms with van der Waals surface area (Å²) < 4.78 is 10.4. The zero-order valence-corrected chi connectivity index (χ0v) is 15.6. The van der Waals surface area contributed by atoms with Crippen LogP contribution in [-0.4, -0.2) is 29.0 Å². The molecule has 0 radical (unpaired) electrons. The maximum atomic E-state index is 12.2. The summed E-state index contributed by atoms with van der Waals surface area (Å²) in [5.74, 6) is -0.506. The third-order valence-corrected chi connectivity index (χ3v) is 4.47. The molecule has 0 aliphatic carbocycles. The summed E-state index contributed by atoms with van der Waals surface area (Å²) in [5, 5.41) is 2.26. The highest BCUT2D eigenvalue weighted by molar-refractivity contribution is 7.14. The summed E-state index contributed by atoms with van der Waals surface area (Å²) in [5.41, 5.74) is 1.52. The van der Waals surface area contributed by atoms with Crippen LogP contribution >= 0.6 is 11.3 Å². The lowest BCUT2D eigenvalue weighted by Crippen LogP contribution is -2.22. The van der Waals surface area contributed by atoms with Crippen molar-refractivity contribution in [3.05, 3.63) is 65.3 Å². The van der Waals surface area contributed by atoms with Crippen LogP contribution < -0.4 is 9.64 Å². The fraction of sp³-hybridized carbons (Fsp3) is 0.158. The van der Waals surface area contributed by atoms with Crippen LogP contribution in [0.25, 0.3) is 0 Å². The number of anilines is 2. The van der Waals surface area contributed by atoms with Crippen molar-refractivity contribution in [2.45, 2.75) is 13.5 Å². The van der Waals surface area contributed by atoms with Gasteiger partial charge in [0.2, 0.25) is 11.8 Å². The van der Waals surface area contributed by atoms with Gasteiger partial charge in [0.25, 0.3) is 0 Å². The molecule has 0 N–H and O–H groups in total. The lowest BCUT2D eigenvalue weighted by molar-refractivity contribution is -0.115. The second kappa shape index (κ2) is 8.41. The van der Waals surface area contributed by atoms with Gasteiger partial charge >= 0.3 is 5.97 Å². The molecule has 138 valence electrons. The van der Waals surface area contributed by atoms with Gasteiger partial charge in [0.05, 0.1) is 18.5 Å². The number of pyridine rings is 1. The van der Waals surface area contributed by atoms with Gasteiger partial charge in [0.1, 0.15) is 12.2 Å². The van der Waals surface area contributed by atoms with Gasteiger partial charge < -0.3 is 9.47 Å². The molecule has 8 heteroatoms. The molecule has 0 unspecified atom stereocenters. The Labute approximate surface area is 160 Å². The van der Waals surface area contributed by atoms with Crippen LogP contribution in [0.2, 0.25) is 0 Å². The van der Waals surface area contributed by atoms with Gasteiger partial charge in [-0.2, -0.15) is 0 Å². The Kier molecular flexibility index (Phi) is 5.77. The van der Waals surface area contributed by atoms with E-state index in [0.29, 0.717) is 10.8 Å². The molecule has 0 bridgehead atoms. The largest absolute Gasteiger partial charge is 0.480 e. The lowest BCUT2D eigenvalue weighted by Gasteiger charge is -2.17. The number of thiazole rings is 1. The minimum atomic E-state index is -0.555. The molecule has 1 amide bonds. The number of methoxy groups -OCH3 is 1. The summed E-state index contributed by atoms with van der Waals surface area (Å²) in [6, 6.07) is 12.4. The van der Waals surface area contributed by atoms with Crippen molar-refractivity contribution in [3.8, 4) is 5.88 Å². The molecule has 27 heavy (non-hydrogen) atoms. The molecule has 0 atom stereocenters. The molecule has 3 rings (SSSR count). The first kappa shape index (κ1) is 18.5. The lowest BCUT2D eigenvalue weighted by atomic mass is 10.3. The van der Waals surface area contributed by atoms with Gasteiger partial charge in [0, 0.05) is 18.5 Å². The van der Waals surface area contributed by atoms with Gasteiger partial charge in [-0.25, -0.2) is 14.8 Å². The average Bonchev–Trinajstić information content (AvgIpc) is 3.15. The monoisotopic (exact) mass is 383 g/mol. The predicted molar refractivity (Wildman–Crippen MR) is 101 cm³/mol. The highest BCUT2D eigenvalue weighted by atomic mass is 32.1. The summed E-state index contributed by atoms with van der Waals surface area (Å²) in [6.07, 6.45) is 1.53. The first-order valence-corrected chi connectivity index (χ1v) is 8.94. The minimum Gasteiger partial charge on any atom is -0.480 e. The van der Waals surface area contributed by atoms with E-state index in [4.69, 9.17) is 9.47 Å². The molecule has 1 aromatic carbocycles. The SMILES string of the molecule is COc1ncccc1C(=O)OCc1csc(N(C(C)=O)c2ccccc2)n1. The van der Waals surface area contributed by atoms with Crippen LogP contribution in [0.4, 0.5) is 10.8 Å². The third kappa shape index (κ3) is 4.29. The highest BCUT2D eigenvalue weighted by Gasteiger charge is 2.19. The molecule has 2 heterocycles. The number of carbonyl (C=O) groups excluding carboxylic acids is 2. The Morgan fingerprint density at radius 3 is 2.63 bits per heavy atom. The van der Waals surface area contributed by atoms with E-state index in [1.165, 1.54) is 36.5 Å². The van der Waals surface area contributed by atoms with Crippen molar-refractivity contribution in [2.24, 2.45) is 0 Å². The zero-order chi connectivity index (χ0) is 19.2. The zero-order valence-electron chi connectivity index (χ0n) is 14.8. The normalized spacial score (nSPS) is 10.3.